The molecule has 3 aromatic rings. The van der Waals surface area contributed by atoms with Gasteiger partial charge in [-0.05, 0) is 43.9 Å². The molecule has 206 valence electrons. The number of nitrogens with zero attached hydrogens (tertiary/aromatic N) is 2. The van der Waals surface area contributed by atoms with Crippen LogP contribution in [0.2, 0.25) is 10.0 Å². The lowest BCUT2D eigenvalue weighted by Crippen LogP contribution is -2.40. The van der Waals surface area contributed by atoms with Crippen LogP contribution in [0.4, 0.5) is 42.4 Å². The van der Waals surface area contributed by atoms with E-state index in [1.54, 1.807) is 0 Å². The normalized spacial score (nSPS) is 18.4. The van der Waals surface area contributed by atoms with Crippen LogP contribution in [0.1, 0.15) is 36.0 Å². The van der Waals surface area contributed by atoms with Gasteiger partial charge in [0.2, 0.25) is 11.8 Å². The zero-order chi connectivity index (χ0) is 27.8. The second-order valence-electron chi connectivity index (χ2n) is 8.63. The first-order valence-electron chi connectivity index (χ1n) is 11.1. The van der Waals surface area contributed by atoms with Crippen molar-refractivity contribution in [3.63, 3.8) is 0 Å². The lowest BCUT2D eigenvalue weighted by atomic mass is 9.85. The lowest BCUT2D eigenvalue weighted by molar-refractivity contribution is -0.182. The SMILES string of the molecule is O=C(N[C@H]1CC[C@H](C(F)(F)F)CC1)c1cc2nc(Nc3c(Cl)cc(F)cc3Cl)[nH]c2nc1OCC(F)(F)F. The molecule has 1 saturated carbocycles. The third-order valence-electron chi connectivity index (χ3n) is 5.83. The molecule has 1 fully saturated rings. The summed E-state index contributed by atoms with van der Waals surface area (Å²) in [5, 5.41) is 5.09. The number of carbonyl (C=O) groups is 1. The van der Waals surface area contributed by atoms with Gasteiger partial charge >= 0.3 is 12.4 Å². The zero-order valence-electron chi connectivity index (χ0n) is 19.0. The van der Waals surface area contributed by atoms with Gasteiger partial charge in [-0.25, -0.2) is 9.37 Å². The number of anilines is 2. The maximum absolute atomic E-state index is 13.5. The zero-order valence-corrected chi connectivity index (χ0v) is 20.5. The van der Waals surface area contributed by atoms with Gasteiger partial charge in [0.05, 0.1) is 21.7 Å². The van der Waals surface area contributed by atoms with E-state index in [0.29, 0.717) is 0 Å². The van der Waals surface area contributed by atoms with E-state index >= 15 is 0 Å². The van der Waals surface area contributed by atoms with Crippen LogP contribution < -0.4 is 15.4 Å². The Bertz CT molecular complexity index is 1320. The fraction of sp³-hybridized carbons (Fsp3) is 0.409. The van der Waals surface area contributed by atoms with Crippen LogP contribution in [0.15, 0.2) is 18.2 Å². The highest BCUT2D eigenvalue weighted by atomic mass is 35.5. The summed E-state index contributed by atoms with van der Waals surface area (Å²) in [6.07, 6.45) is -9.37. The van der Waals surface area contributed by atoms with E-state index in [9.17, 15) is 35.5 Å². The molecule has 0 atom stereocenters. The summed E-state index contributed by atoms with van der Waals surface area (Å²) >= 11 is 12.0. The highest BCUT2D eigenvalue weighted by molar-refractivity contribution is 6.39. The summed E-state index contributed by atoms with van der Waals surface area (Å²) in [6.45, 7) is -1.75. The van der Waals surface area contributed by atoms with Crippen molar-refractivity contribution in [2.75, 3.05) is 11.9 Å². The maximum atomic E-state index is 13.5. The Labute approximate surface area is 220 Å². The molecule has 3 N–H and O–H groups in total. The molecule has 0 spiro atoms. The van der Waals surface area contributed by atoms with Crippen molar-refractivity contribution < 1.29 is 40.3 Å². The topological polar surface area (TPSA) is 91.9 Å². The minimum absolute atomic E-state index is 0.0344. The molecular formula is C22H18Cl2F7N5O2. The Balaban J connectivity index is 1.59. The Hall–Kier alpha value is -3.00. The first-order chi connectivity index (χ1) is 17.7. The summed E-state index contributed by atoms with van der Waals surface area (Å²) in [5.41, 5.74) is -0.348. The number of hydrogen-bond acceptors (Lipinski definition) is 5. The largest absolute Gasteiger partial charge is 0.467 e. The predicted molar refractivity (Wildman–Crippen MR) is 124 cm³/mol. The van der Waals surface area contributed by atoms with Crippen LogP contribution >= 0.6 is 23.2 Å². The van der Waals surface area contributed by atoms with E-state index in [1.807, 2.05) is 0 Å². The molecule has 1 aliphatic rings. The fourth-order valence-electron chi connectivity index (χ4n) is 4.01. The number of carbonyl (C=O) groups excluding carboxylic acids is 1. The number of fused-ring (bicyclic) bond motifs is 1. The van der Waals surface area contributed by atoms with Crippen LogP contribution in [0.3, 0.4) is 0 Å². The molecular weight excluding hydrogens is 570 g/mol. The minimum Gasteiger partial charge on any atom is -0.467 e. The number of aromatic amines is 1. The van der Waals surface area contributed by atoms with Gasteiger partial charge in [-0.15, -0.1) is 0 Å². The molecule has 0 bridgehead atoms. The van der Waals surface area contributed by atoms with Crippen molar-refractivity contribution in [1.29, 1.82) is 0 Å². The number of imidazole rings is 1. The molecule has 38 heavy (non-hydrogen) atoms. The summed E-state index contributed by atoms with van der Waals surface area (Å²) < 4.78 is 95.5. The third-order valence-corrected chi connectivity index (χ3v) is 6.43. The van der Waals surface area contributed by atoms with Gasteiger partial charge in [0, 0.05) is 6.04 Å². The average molecular weight is 588 g/mol. The van der Waals surface area contributed by atoms with Crippen LogP contribution in [-0.2, 0) is 0 Å². The number of halogens is 9. The third kappa shape index (κ3) is 6.70. The van der Waals surface area contributed by atoms with Crippen molar-refractivity contribution in [3.8, 4) is 5.88 Å². The molecule has 0 radical (unpaired) electrons. The van der Waals surface area contributed by atoms with Crippen LogP contribution in [0.25, 0.3) is 11.2 Å². The Kier molecular flexibility index (Phi) is 7.84. The standard InChI is InChI=1S/C22H18Cl2F7N5O2/c23-13-5-10(25)6-14(24)16(13)34-20-33-15-7-12(19(35-17(15)36-20)38-8-21(26,27)28)18(37)32-11-3-1-9(2-4-11)22(29,30)31/h5-7,9,11H,1-4,8H2,(H,32,37)(H2,33,34,35,36)/t9-,11-. The molecule has 2 heterocycles. The van der Waals surface area contributed by atoms with Crippen molar-refractivity contribution in [2.24, 2.45) is 5.92 Å². The number of alkyl halides is 6. The molecule has 0 aliphatic heterocycles. The van der Waals surface area contributed by atoms with Crippen molar-refractivity contribution in [3.05, 3.63) is 39.6 Å². The van der Waals surface area contributed by atoms with Crippen LogP contribution in [0.5, 0.6) is 5.88 Å². The van der Waals surface area contributed by atoms with E-state index in [-0.39, 0.29) is 58.5 Å². The van der Waals surface area contributed by atoms with E-state index in [2.05, 4.69) is 25.6 Å². The molecule has 0 saturated heterocycles. The molecule has 4 rings (SSSR count). The van der Waals surface area contributed by atoms with Crippen LogP contribution in [0, 0.1) is 11.7 Å². The number of rotatable bonds is 6. The number of amides is 1. The van der Waals surface area contributed by atoms with Crippen LogP contribution in [-0.4, -0.2) is 45.9 Å². The molecule has 0 unspecified atom stereocenters. The first kappa shape index (κ1) is 28.0. The second-order valence-corrected chi connectivity index (χ2v) is 9.45. The summed E-state index contributed by atoms with van der Waals surface area (Å²) in [6, 6.07) is 2.49. The maximum Gasteiger partial charge on any atom is 0.422 e. The van der Waals surface area contributed by atoms with Crippen molar-refractivity contribution >= 4 is 51.9 Å². The van der Waals surface area contributed by atoms with Crippen molar-refractivity contribution in [1.82, 2.24) is 20.3 Å². The van der Waals surface area contributed by atoms with Gasteiger partial charge in [0.1, 0.15) is 16.9 Å². The van der Waals surface area contributed by atoms with Crippen molar-refractivity contribution in [2.45, 2.75) is 44.1 Å². The number of aromatic nitrogens is 3. The van der Waals surface area contributed by atoms with Gasteiger partial charge in [-0.2, -0.15) is 31.3 Å². The number of nitrogens with one attached hydrogen (secondary N) is 3. The number of hydrogen-bond donors (Lipinski definition) is 3. The van der Waals surface area contributed by atoms with Gasteiger partial charge in [0.25, 0.3) is 5.91 Å². The van der Waals surface area contributed by atoms with Gasteiger partial charge in [0.15, 0.2) is 12.3 Å². The molecule has 1 aromatic carbocycles. The minimum atomic E-state index is -4.74. The van der Waals surface area contributed by atoms with E-state index < -0.39 is 54.1 Å². The number of H-pyrrole nitrogens is 1. The van der Waals surface area contributed by atoms with E-state index in [0.717, 1.165) is 18.2 Å². The highest BCUT2D eigenvalue weighted by Crippen LogP contribution is 2.38. The Morgan fingerprint density at radius 1 is 1.03 bits per heavy atom. The number of pyridine rings is 1. The summed E-state index contributed by atoms with van der Waals surface area (Å²) in [5.74, 6) is -3.74. The summed E-state index contributed by atoms with van der Waals surface area (Å²) in [4.78, 5) is 23.7. The average Bonchev–Trinajstić information content (AvgIpc) is 3.20. The van der Waals surface area contributed by atoms with Gasteiger partial charge in [-0.1, -0.05) is 23.2 Å². The molecule has 1 amide bonds. The Morgan fingerprint density at radius 2 is 1.66 bits per heavy atom. The monoisotopic (exact) mass is 587 g/mol. The van der Waals surface area contributed by atoms with E-state index in [4.69, 9.17) is 27.9 Å². The van der Waals surface area contributed by atoms with Gasteiger partial charge < -0.3 is 20.4 Å². The molecule has 1 aliphatic carbocycles. The number of benzene rings is 1. The Morgan fingerprint density at radius 3 is 2.24 bits per heavy atom. The lowest BCUT2D eigenvalue weighted by Gasteiger charge is -2.30. The smallest absolute Gasteiger partial charge is 0.422 e. The van der Waals surface area contributed by atoms with Gasteiger partial charge in [-0.3, -0.25) is 4.79 Å². The quantitative estimate of drug-likeness (QED) is 0.272. The molecule has 16 heteroatoms. The fourth-order valence-corrected chi connectivity index (χ4v) is 4.57. The highest BCUT2D eigenvalue weighted by Gasteiger charge is 2.41. The van der Waals surface area contributed by atoms with E-state index in [1.165, 1.54) is 0 Å². The molecule has 2 aromatic heterocycles. The summed E-state index contributed by atoms with van der Waals surface area (Å²) in [7, 11) is 0. The molecule has 7 nitrogen and oxygen atoms in total. The number of ether oxygens (including phenoxy) is 1. The second kappa shape index (κ2) is 10.6. The first-order valence-corrected chi connectivity index (χ1v) is 11.8. The predicted octanol–water partition coefficient (Wildman–Crippen LogP) is 6.94.